The highest BCUT2D eigenvalue weighted by atomic mass is 35.5. The molecule has 124 valence electrons. The van der Waals surface area contributed by atoms with E-state index < -0.39 is 6.10 Å². The highest BCUT2D eigenvalue weighted by Crippen LogP contribution is 2.26. The summed E-state index contributed by atoms with van der Waals surface area (Å²) in [6.45, 7) is 6.44. The van der Waals surface area contributed by atoms with Gasteiger partial charge in [0.15, 0.2) is 11.5 Å². The quantitative estimate of drug-likeness (QED) is 0.706. The molecule has 0 radical (unpaired) electrons. The van der Waals surface area contributed by atoms with Crippen LogP contribution in [-0.4, -0.2) is 53.7 Å². The van der Waals surface area contributed by atoms with Crippen molar-refractivity contribution < 1.29 is 19.4 Å². The third kappa shape index (κ3) is 5.73. The van der Waals surface area contributed by atoms with Crippen LogP contribution in [0.1, 0.15) is 20.8 Å². The number of carbonyl (C=O) groups is 1. The van der Waals surface area contributed by atoms with Crippen LogP contribution in [0, 0.1) is 0 Å². The number of rotatable bonds is 9. The molecule has 0 bridgehead atoms. The molecule has 0 aliphatic carbocycles. The van der Waals surface area contributed by atoms with E-state index >= 15 is 0 Å². The van der Waals surface area contributed by atoms with Gasteiger partial charge in [-0.25, -0.2) is 0 Å². The monoisotopic (exact) mass is 329 g/mol. The van der Waals surface area contributed by atoms with Gasteiger partial charge in [0, 0.05) is 6.04 Å². The second kappa shape index (κ2) is 9.54. The van der Waals surface area contributed by atoms with Crippen LogP contribution in [0.3, 0.4) is 0 Å². The lowest BCUT2D eigenvalue weighted by Crippen LogP contribution is -2.44. The fourth-order valence-corrected chi connectivity index (χ4v) is 2.14. The largest absolute Gasteiger partial charge is 0.490 e. The summed E-state index contributed by atoms with van der Waals surface area (Å²) in [5, 5.41) is 10.1. The van der Waals surface area contributed by atoms with Crippen molar-refractivity contribution in [3.8, 4) is 11.5 Å². The third-order valence-electron chi connectivity index (χ3n) is 3.05. The molecule has 1 unspecified atom stereocenters. The van der Waals surface area contributed by atoms with Gasteiger partial charge in [-0.05, 0) is 32.9 Å². The van der Waals surface area contributed by atoms with Crippen molar-refractivity contribution in [1.29, 1.82) is 0 Å². The summed E-state index contributed by atoms with van der Waals surface area (Å²) in [4.78, 5) is 13.3. The molecule has 0 spiro atoms. The van der Waals surface area contributed by atoms with E-state index in [2.05, 4.69) is 0 Å². The van der Waals surface area contributed by atoms with Crippen LogP contribution in [0.2, 0.25) is 0 Å². The smallest absolute Gasteiger partial charge is 0.237 e. The van der Waals surface area contributed by atoms with Crippen LogP contribution in [0.25, 0.3) is 0 Å². The van der Waals surface area contributed by atoms with E-state index in [4.69, 9.17) is 21.1 Å². The average molecular weight is 330 g/mol. The lowest BCUT2D eigenvalue weighted by molar-refractivity contribution is -0.132. The Hall–Kier alpha value is -1.46. The Balaban J connectivity index is 2.58. The molecule has 1 N–H and O–H groups in total. The molecule has 5 nitrogen and oxygen atoms in total. The fourth-order valence-electron chi connectivity index (χ4n) is 1.99. The van der Waals surface area contributed by atoms with Crippen molar-refractivity contribution in [2.75, 3.05) is 25.6 Å². The Morgan fingerprint density at radius 2 is 1.86 bits per heavy atom. The number of aliphatic hydroxyl groups excluding tert-OH is 1. The molecule has 1 aromatic rings. The number of carbonyl (C=O) groups excluding carboxylic acids is 1. The molecule has 0 saturated heterocycles. The molecular weight excluding hydrogens is 306 g/mol. The van der Waals surface area contributed by atoms with Crippen molar-refractivity contribution in [3.05, 3.63) is 24.3 Å². The van der Waals surface area contributed by atoms with E-state index in [0.717, 1.165) is 0 Å². The van der Waals surface area contributed by atoms with Gasteiger partial charge >= 0.3 is 0 Å². The molecule has 1 amide bonds. The van der Waals surface area contributed by atoms with Crippen molar-refractivity contribution in [3.63, 3.8) is 0 Å². The maximum Gasteiger partial charge on any atom is 0.237 e. The number of aliphatic hydroxyl groups is 1. The fraction of sp³-hybridized carbons (Fsp3) is 0.562. The SMILES string of the molecule is CCOc1ccccc1OCC(O)CN(C(=O)CCl)C(C)C. The maximum atomic E-state index is 11.7. The summed E-state index contributed by atoms with van der Waals surface area (Å²) in [5.41, 5.74) is 0. The minimum absolute atomic E-state index is 0.0309. The first-order chi connectivity index (χ1) is 10.5. The Bertz CT molecular complexity index is 467. The van der Waals surface area contributed by atoms with Crippen molar-refractivity contribution in [1.82, 2.24) is 4.90 Å². The van der Waals surface area contributed by atoms with E-state index in [9.17, 15) is 9.90 Å². The minimum atomic E-state index is -0.802. The first kappa shape index (κ1) is 18.6. The van der Waals surface area contributed by atoms with E-state index in [1.54, 1.807) is 6.07 Å². The number of hydrogen-bond acceptors (Lipinski definition) is 4. The van der Waals surface area contributed by atoms with Gasteiger partial charge in [0.1, 0.15) is 18.6 Å². The molecule has 1 rings (SSSR count). The molecule has 0 aliphatic rings. The summed E-state index contributed by atoms with van der Waals surface area (Å²) in [6, 6.07) is 7.25. The third-order valence-corrected chi connectivity index (χ3v) is 3.27. The standard InChI is InChI=1S/C16H24ClNO4/c1-4-21-14-7-5-6-8-15(14)22-11-13(19)10-18(12(2)3)16(20)9-17/h5-8,12-13,19H,4,9-11H2,1-3H3. The first-order valence-corrected chi connectivity index (χ1v) is 7.91. The number of alkyl halides is 1. The second-order valence-electron chi connectivity index (χ2n) is 5.12. The van der Waals surface area contributed by atoms with Crippen LogP contribution in [0.4, 0.5) is 0 Å². The Labute approximate surface area is 136 Å². The Kier molecular flexibility index (Phi) is 8.06. The van der Waals surface area contributed by atoms with Crippen LogP contribution in [0.15, 0.2) is 24.3 Å². The number of halogens is 1. The van der Waals surface area contributed by atoms with Crippen LogP contribution in [0.5, 0.6) is 11.5 Å². The van der Waals surface area contributed by atoms with Gasteiger partial charge in [0.25, 0.3) is 0 Å². The molecule has 22 heavy (non-hydrogen) atoms. The van der Waals surface area contributed by atoms with Crippen LogP contribution < -0.4 is 9.47 Å². The van der Waals surface area contributed by atoms with Gasteiger partial charge in [-0.2, -0.15) is 0 Å². The number of nitrogens with zero attached hydrogens (tertiary/aromatic N) is 1. The van der Waals surface area contributed by atoms with E-state index in [1.165, 1.54) is 4.90 Å². The predicted molar refractivity (Wildman–Crippen MR) is 86.7 cm³/mol. The van der Waals surface area contributed by atoms with E-state index in [1.807, 2.05) is 39.0 Å². The number of para-hydroxylation sites is 2. The summed E-state index contributed by atoms with van der Waals surface area (Å²) in [6.07, 6.45) is -0.802. The number of hydrogen-bond donors (Lipinski definition) is 1. The molecule has 0 heterocycles. The van der Waals surface area contributed by atoms with Crippen LogP contribution in [-0.2, 0) is 4.79 Å². The zero-order chi connectivity index (χ0) is 16.5. The lowest BCUT2D eigenvalue weighted by atomic mass is 10.2. The predicted octanol–water partition coefficient (Wildman–Crippen LogP) is 2.30. The zero-order valence-electron chi connectivity index (χ0n) is 13.3. The summed E-state index contributed by atoms with van der Waals surface area (Å²) < 4.78 is 11.1. The van der Waals surface area contributed by atoms with Crippen molar-refractivity contribution >= 4 is 17.5 Å². The number of ether oxygens (including phenoxy) is 2. The van der Waals surface area contributed by atoms with Crippen molar-refractivity contribution in [2.24, 2.45) is 0 Å². The van der Waals surface area contributed by atoms with Crippen LogP contribution >= 0.6 is 11.6 Å². The maximum absolute atomic E-state index is 11.7. The number of benzene rings is 1. The molecule has 0 fully saturated rings. The molecule has 1 aromatic carbocycles. The van der Waals surface area contributed by atoms with E-state index in [-0.39, 0.29) is 31.0 Å². The molecule has 6 heteroatoms. The normalized spacial score (nSPS) is 12.1. The minimum Gasteiger partial charge on any atom is -0.490 e. The van der Waals surface area contributed by atoms with E-state index in [0.29, 0.717) is 18.1 Å². The highest BCUT2D eigenvalue weighted by molar-refractivity contribution is 6.27. The second-order valence-corrected chi connectivity index (χ2v) is 5.39. The molecule has 0 saturated carbocycles. The number of amides is 1. The summed E-state index contributed by atoms with van der Waals surface area (Å²) >= 11 is 5.58. The summed E-state index contributed by atoms with van der Waals surface area (Å²) in [7, 11) is 0. The average Bonchev–Trinajstić information content (AvgIpc) is 2.51. The van der Waals surface area contributed by atoms with Gasteiger partial charge in [-0.3, -0.25) is 4.79 Å². The van der Waals surface area contributed by atoms with Gasteiger partial charge in [-0.15, -0.1) is 11.6 Å². The lowest BCUT2D eigenvalue weighted by Gasteiger charge is -2.28. The first-order valence-electron chi connectivity index (χ1n) is 7.37. The van der Waals surface area contributed by atoms with Gasteiger partial charge in [-0.1, -0.05) is 12.1 Å². The van der Waals surface area contributed by atoms with Crippen molar-refractivity contribution in [2.45, 2.75) is 32.9 Å². The van der Waals surface area contributed by atoms with Gasteiger partial charge < -0.3 is 19.5 Å². The molecular formula is C16H24ClNO4. The molecule has 0 aliphatic heterocycles. The molecule has 0 aromatic heterocycles. The highest BCUT2D eigenvalue weighted by Gasteiger charge is 2.20. The molecule has 1 atom stereocenters. The summed E-state index contributed by atoms with van der Waals surface area (Å²) in [5.74, 6) is 0.905. The Morgan fingerprint density at radius 3 is 2.36 bits per heavy atom. The van der Waals surface area contributed by atoms with Gasteiger partial charge in [0.2, 0.25) is 5.91 Å². The van der Waals surface area contributed by atoms with Gasteiger partial charge in [0.05, 0.1) is 13.2 Å². The zero-order valence-corrected chi connectivity index (χ0v) is 14.0. The Morgan fingerprint density at radius 1 is 1.27 bits per heavy atom. The topological polar surface area (TPSA) is 59.0 Å².